The Bertz CT molecular complexity index is 696. The van der Waals surface area contributed by atoms with Gasteiger partial charge in [-0.1, -0.05) is 0 Å². The average molecular weight is 572 g/mol. The fourth-order valence-corrected chi connectivity index (χ4v) is 10.9. The lowest BCUT2D eigenvalue weighted by molar-refractivity contribution is -0.153. The maximum absolute atomic E-state index is 12.0. The van der Waals surface area contributed by atoms with Gasteiger partial charge in [0, 0.05) is 75.5 Å². The standard InChI is InChI=1S/C20H41NO12Si3/c1-16(22)31-19(32-17(2)23)20(33-18(3)24)34(21,12-10-14-35(25-4,26-5)27-6)13-11-15-36(28-7,29-8)30-9/h10-15,21H2,1-9H3. The van der Waals surface area contributed by atoms with E-state index in [2.05, 4.69) is 0 Å². The largest absolute Gasteiger partial charge is 0.500 e. The molecular weight excluding hydrogens is 530 g/mol. The van der Waals surface area contributed by atoms with Crippen molar-refractivity contribution in [1.82, 2.24) is 0 Å². The van der Waals surface area contributed by atoms with E-state index < -0.39 is 49.7 Å². The molecule has 0 saturated carbocycles. The number of hydrogen-bond acceptors (Lipinski definition) is 13. The van der Waals surface area contributed by atoms with Crippen LogP contribution in [0.1, 0.15) is 33.6 Å². The Morgan fingerprint density at radius 2 is 0.861 bits per heavy atom. The molecule has 0 aromatic heterocycles. The Kier molecular flexibility index (Phi) is 15.7. The van der Waals surface area contributed by atoms with Crippen molar-refractivity contribution >= 4 is 43.8 Å². The van der Waals surface area contributed by atoms with Crippen molar-refractivity contribution in [1.29, 1.82) is 0 Å². The van der Waals surface area contributed by atoms with Gasteiger partial charge in [0.05, 0.1) is 0 Å². The molecule has 0 amide bonds. The molecule has 0 atom stereocenters. The van der Waals surface area contributed by atoms with Crippen molar-refractivity contribution in [2.24, 2.45) is 5.40 Å². The second kappa shape index (κ2) is 16.4. The third-order valence-corrected chi connectivity index (χ3v) is 14.8. The van der Waals surface area contributed by atoms with Crippen LogP contribution in [0.3, 0.4) is 0 Å². The summed E-state index contributed by atoms with van der Waals surface area (Å²) in [5.74, 6) is -2.81. The molecule has 0 aromatic rings. The van der Waals surface area contributed by atoms with E-state index in [0.717, 1.165) is 13.8 Å². The number of carbonyl (C=O) groups excluding carboxylic acids is 3. The highest BCUT2D eigenvalue weighted by Gasteiger charge is 2.45. The summed E-state index contributed by atoms with van der Waals surface area (Å²) in [6, 6.07) is 1.49. The van der Waals surface area contributed by atoms with Crippen molar-refractivity contribution in [2.75, 3.05) is 42.7 Å². The minimum atomic E-state index is -3.32. The van der Waals surface area contributed by atoms with Gasteiger partial charge in [-0.05, 0) is 24.9 Å². The van der Waals surface area contributed by atoms with Crippen LogP contribution in [0.15, 0.2) is 11.3 Å². The fourth-order valence-electron chi connectivity index (χ4n) is 3.57. The molecule has 0 fully saturated rings. The number of carbonyl (C=O) groups is 3. The summed E-state index contributed by atoms with van der Waals surface area (Å²) in [5.41, 5.74) is 0. The summed E-state index contributed by atoms with van der Waals surface area (Å²) in [4.78, 5) is 35.6. The molecule has 210 valence electrons. The van der Waals surface area contributed by atoms with Crippen LogP contribution in [0, 0.1) is 0 Å². The van der Waals surface area contributed by atoms with E-state index >= 15 is 0 Å². The van der Waals surface area contributed by atoms with Crippen molar-refractivity contribution in [3.8, 4) is 0 Å². The minimum absolute atomic E-state index is 0.153. The summed E-state index contributed by atoms with van der Waals surface area (Å²) >= 11 is 0. The maximum atomic E-state index is 12.0. The highest BCUT2D eigenvalue weighted by Crippen LogP contribution is 2.32. The van der Waals surface area contributed by atoms with Gasteiger partial charge in [0.15, 0.2) is 5.38 Å². The Labute approximate surface area is 216 Å². The molecule has 16 heteroatoms. The molecule has 0 saturated heterocycles. The predicted molar refractivity (Wildman–Crippen MR) is 134 cm³/mol. The molecular formula is C20H41NO12Si3. The van der Waals surface area contributed by atoms with E-state index in [-0.39, 0.29) is 5.38 Å². The lowest BCUT2D eigenvalue weighted by Gasteiger charge is -2.31. The van der Waals surface area contributed by atoms with Crippen molar-refractivity contribution in [3.05, 3.63) is 11.3 Å². The Morgan fingerprint density at radius 3 is 1.11 bits per heavy atom. The molecule has 0 rings (SSSR count). The SMILES string of the molecule is CO[Si](CCC[Si](N)(CCC[Si](OC)(OC)OC)C(OC(C)=O)=C(OC(C)=O)OC(C)=O)(OC)OC. The first kappa shape index (κ1) is 34.5. The molecule has 13 nitrogen and oxygen atoms in total. The van der Waals surface area contributed by atoms with Gasteiger partial charge in [0.1, 0.15) is 0 Å². The first-order chi connectivity index (χ1) is 16.8. The van der Waals surface area contributed by atoms with Crippen LogP contribution < -0.4 is 5.40 Å². The van der Waals surface area contributed by atoms with Crippen molar-refractivity contribution < 1.29 is 55.2 Å². The zero-order valence-corrected chi connectivity index (χ0v) is 25.7. The van der Waals surface area contributed by atoms with Gasteiger partial charge >= 0.3 is 41.5 Å². The normalized spacial score (nSPS) is 12.2. The second-order valence-corrected chi connectivity index (χ2v) is 17.8. The molecule has 0 radical (unpaired) electrons. The summed E-state index contributed by atoms with van der Waals surface area (Å²) in [7, 11) is -0.164. The Hall–Kier alpha value is -1.48. The predicted octanol–water partition coefficient (Wildman–Crippen LogP) is 1.82. The van der Waals surface area contributed by atoms with Crippen molar-refractivity contribution in [3.63, 3.8) is 0 Å². The van der Waals surface area contributed by atoms with E-state index in [1.807, 2.05) is 0 Å². The molecule has 0 bridgehead atoms. The summed E-state index contributed by atoms with van der Waals surface area (Å²) in [5, 5.41) is 6.80. The van der Waals surface area contributed by atoms with E-state index in [9.17, 15) is 14.4 Å². The van der Waals surface area contributed by atoms with Crippen LogP contribution >= 0.6 is 0 Å². The number of rotatable bonds is 18. The van der Waals surface area contributed by atoms with Gasteiger partial charge in [0.25, 0.3) is 0 Å². The van der Waals surface area contributed by atoms with E-state index in [1.165, 1.54) is 49.6 Å². The minimum Gasteiger partial charge on any atom is -0.427 e. The van der Waals surface area contributed by atoms with Gasteiger partial charge in [-0.25, -0.2) is 0 Å². The number of esters is 3. The number of ether oxygens (including phenoxy) is 3. The van der Waals surface area contributed by atoms with Gasteiger partial charge in [0.2, 0.25) is 8.24 Å². The van der Waals surface area contributed by atoms with Crippen LogP contribution in [0.25, 0.3) is 0 Å². The molecule has 0 aliphatic heterocycles. The monoisotopic (exact) mass is 571 g/mol. The highest BCUT2D eigenvalue weighted by atomic mass is 28.4. The van der Waals surface area contributed by atoms with E-state index in [4.69, 9.17) is 46.2 Å². The van der Waals surface area contributed by atoms with Crippen LogP contribution in [0.2, 0.25) is 24.2 Å². The number of nitrogens with two attached hydrogens (primary N) is 1. The van der Waals surface area contributed by atoms with Crippen LogP contribution in [-0.2, 0) is 55.2 Å². The number of hydrogen-bond donors (Lipinski definition) is 1. The molecule has 0 unspecified atom stereocenters. The van der Waals surface area contributed by atoms with Crippen LogP contribution in [0.4, 0.5) is 0 Å². The molecule has 0 aliphatic carbocycles. The first-order valence-electron chi connectivity index (χ1n) is 11.2. The van der Waals surface area contributed by atoms with Gasteiger partial charge in [-0.2, -0.15) is 0 Å². The van der Waals surface area contributed by atoms with Crippen molar-refractivity contribution in [2.45, 2.75) is 57.8 Å². The topological polar surface area (TPSA) is 160 Å². The molecule has 36 heavy (non-hydrogen) atoms. The highest BCUT2D eigenvalue weighted by molar-refractivity contribution is 6.83. The first-order valence-corrected chi connectivity index (χ1v) is 17.6. The molecule has 2 N–H and O–H groups in total. The summed E-state index contributed by atoms with van der Waals surface area (Å²) < 4.78 is 48.7. The fraction of sp³-hybridized carbons (Fsp3) is 0.750. The average Bonchev–Trinajstić information content (AvgIpc) is 2.82. The summed E-state index contributed by atoms with van der Waals surface area (Å²) in [6.45, 7) is 3.42. The zero-order chi connectivity index (χ0) is 28.0. The van der Waals surface area contributed by atoms with Crippen LogP contribution in [0.5, 0.6) is 0 Å². The lowest BCUT2D eigenvalue weighted by Crippen LogP contribution is -2.52. The summed E-state index contributed by atoms with van der Waals surface area (Å²) in [6.07, 6.45) is 0.925. The smallest absolute Gasteiger partial charge is 0.427 e. The Morgan fingerprint density at radius 1 is 0.556 bits per heavy atom. The van der Waals surface area contributed by atoms with Gasteiger partial charge in [-0.15, -0.1) is 0 Å². The molecule has 0 spiro atoms. The van der Waals surface area contributed by atoms with E-state index in [0.29, 0.717) is 37.0 Å². The third-order valence-electron chi connectivity index (χ3n) is 5.43. The van der Waals surface area contributed by atoms with Gasteiger partial charge in [-0.3, -0.25) is 14.4 Å². The quantitative estimate of drug-likeness (QED) is 0.144. The second-order valence-electron chi connectivity index (χ2n) is 7.85. The lowest BCUT2D eigenvalue weighted by atomic mass is 10.5. The molecule has 0 heterocycles. The Balaban J connectivity index is 6.42. The zero-order valence-electron chi connectivity index (χ0n) is 22.7. The van der Waals surface area contributed by atoms with Gasteiger partial charge < -0.3 is 46.2 Å². The third kappa shape index (κ3) is 10.9. The van der Waals surface area contributed by atoms with Crippen LogP contribution in [-0.4, -0.2) is 86.4 Å². The van der Waals surface area contributed by atoms with E-state index in [1.54, 1.807) is 0 Å². The molecule has 0 aromatic carbocycles. The maximum Gasteiger partial charge on any atom is 0.500 e. The molecule has 0 aliphatic rings.